The van der Waals surface area contributed by atoms with Crippen molar-refractivity contribution in [3.8, 4) is 0 Å². The zero-order valence-corrected chi connectivity index (χ0v) is 10.5. The average Bonchev–Trinajstić information content (AvgIpc) is 2.19. The third-order valence-electron chi connectivity index (χ3n) is 2.12. The molecule has 0 aliphatic rings. The third kappa shape index (κ3) is 3.10. The van der Waals surface area contributed by atoms with Crippen molar-refractivity contribution in [3.05, 3.63) is 23.0 Å². The molecule has 0 saturated heterocycles. The van der Waals surface area contributed by atoms with E-state index in [4.69, 9.17) is 17.3 Å². The van der Waals surface area contributed by atoms with E-state index in [1.165, 1.54) is 12.3 Å². The summed E-state index contributed by atoms with van der Waals surface area (Å²) in [6, 6.07) is 1.50. The van der Waals surface area contributed by atoms with Gasteiger partial charge in [0.2, 0.25) is 0 Å². The topological polar surface area (TPSA) is 59.2 Å². The Balaban J connectivity index is 2.91. The third-order valence-corrected chi connectivity index (χ3v) is 2.32. The van der Waals surface area contributed by atoms with Crippen molar-refractivity contribution in [2.24, 2.45) is 5.92 Å². The Kier molecular flexibility index (Phi) is 4.12. The molecule has 0 radical (unpaired) electrons. The van der Waals surface area contributed by atoms with Crippen LogP contribution in [0.2, 0.25) is 5.15 Å². The van der Waals surface area contributed by atoms with Gasteiger partial charge >= 0.3 is 0 Å². The van der Waals surface area contributed by atoms with Gasteiger partial charge in [0.25, 0.3) is 5.91 Å². The number of carbonyl (C=O) groups excluding carboxylic acids is 1. The maximum absolute atomic E-state index is 12.0. The molecule has 1 rings (SSSR count). The molecule has 0 atom stereocenters. The molecule has 0 aromatic carbocycles. The van der Waals surface area contributed by atoms with Crippen molar-refractivity contribution in [1.82, 2.24) is 9.88 Å². The van der Waals surface area contributed by atoms with Gasteiger partial charge in [-0.25, -0.2) is 4.98 Å². The van der Waals surface area contributed by atoms with Crippen LogP contribution in [-0.4, -0.2) is 29.4 Å². The molecule has 4 nitrogen and oxygen atoms in total. The number of nitrogens with two attached hydrogens (primary N) is 1. The lowest BCUT2D eigenvalue weighted by atomic mass is 10.1. The van der Waals surface area contributed by atoms with Gasteiger partial charge in [-0.1, -0.05) is 25.4 Å². The maximum atomic E-state index is 12.0. The highest BCUT2D eigenvalue weighted by molar-refractivity contribution is 6.29. The van der Waals surface area contributed by atoms with Crippen LogP contribution in [0.25, 0.3) is 0 Å². The zero-order chi connectivity index (χ0) is 12.3. The number of rotatable bonds is 3. The molecule has 5 heteroatoms. The van der Waals surface area contributed by atoms with Crippen molar-refractivity contribution in [3.63, 3.8) is 0 Å². The van der Waals surface area contributed by atoms with Crippen molar-refractivity contribution in [1.29, 1.82) is 0 Å². The average molecular weight is 242 g/mol. The van der Waals surface area contributed by atoms with E-state index >= 15 is 0 Å². The summed E-state index contributed by atoms with van der Waals surface area (Å²) >= 11 is 5.73. The van der Waals surface area contributed by atoms with Crippen LogP contribution in [-0.2, 0) is 0 Å². The number of nitrogens with zero attached hydrogens (tertiary/aromatic N) is 2. The van der Waals surface area contributed by atoms with Gasteiger partial charge < -0.3 is 10.6 Å². The molecule has 1 aromatic heterocycles. The molecule has 0 spiro atoms. The number of nitrogen functional groups attached to an aromatic ring is 1. The predicted molar refractivity (Wildman–Crippen MR) is 65.5 cm³/mol. The first-order chi connectivity index (χ1) is 7.41. The summed E-state index contributed by atoms with van der Waals surface area (Å²) in [7, 11) is 1.75. The van der Waals surface area contributed by atoms with E-state index in [2.05, 4.69) is 4.98 Å². The van der Waals surface area contributed by atoms with Gasteiger partial charge in [0, 0.05) is 13.6 Å². The Morgan fingerprint density at radius 2 is 2.25 bits per heavy atom. The normalized spacial score (nSPS) is 10.6. The molecular formula is C11H16ClN3O. The lowest BCUT2D eigenvalue weighted by Gasteiger charge is -2.20. The number of aromatic nitrogens is 1. The minimum atomic E-state index is -0.129. The summed E-state index contributed by atoms with van der Waals surface area (Å²) in [5.74, 6) is 0.281. The first-order valence-electron chi connectivity index (χ1n) is 5.08. The fraction of sp³-hybridized carbons (Fsp3) is 0.455. The van der Waals surface area contributed by atoms with E-state index in [9.17, 15) is 4.79 Å². The van der Waals surface area contributed by atoms with Gasteiger partial charge in [0.05, 0.1) is 17.4 Å². The Bertz CT molecular complexity index is 393. The van der Waals surface area contributed by atoms with Gasteiger partial charge in [-0.15, -0.1) is 0 Å². The van der Waals surface area contributed by atoms with Crippen LogP contribution in [0.5, 0.6) is 0 Å². The van der Waals surface area contributed by atoms with Crippen molar-refractivity contribution in [2.45, 2.75) is 13.8 Å². The van der Waals surface area contributed by atoms with Gasteiger partial charge in [-0.3, -0.25) is 4.79 Å². The molecule has 0 aliphatic carbocycles. The molecule has 1 heterocycles. The maximum Gasteiger partial charge on any atom is 0.255 e. The largest absolute Gasteiger partial charge is 0.397 e. The van der Waals surface area contributed by atoms with E-state index in [0.29, 0.717) is 23.7 Å². The fourth-order valence-electron chi connectivity index (χ4n) is 1.46. The van der Waals surface area contributed by atoms with E-state index in [1.54, 1.807) is 11.9 Å². The fourth-order valence-corrected chi connectivity index (χ4v) is 1.62. The highest BCUT2D eigenvalue weighted by atomic mass is 35.5. The molecule has 0 bridgehead atoms. The lowest BCUT2D eigenvalue weighted by Crippen LogP contribution is -2.30. The molecule has 0 unspecified atom stereocenters. The van der Waals surface area contributed by atoms with Crippen LogP contribution in [0.4, 0.5) is 5.69 Å². The standard InChI is InChI=1S/C11H16ClN3O/c1-7(2)6-15(3)11(16)8-4-10(12)14-5-9(8)13/h4-5,7H,6,13H2,1-3H3. The molecule has 1 aromatic rings. The van der Waals surface area contributed by atoms with Crippen LogP contribution >= 0.6 is 11.6 Å². The monoisotopic (exact) mass is 241 g/mol. The Labute approximate surface area is 100 Å². The summed E-state index contributed by atoms with van der Waals surface area (Å²) in [5, 5.41) is 0.274. The van der Waals surface area contributed by atoms with Gasteiger partial charge in [-0.2, -0.15) is 0 Å². The van der Waals surface area contributed by atoms with Crippen molar-refractivity contribution in [2.75, 3.05) is 19.3 Å². The molecule has 16 heavy (non-hydrogen) atoms. The number of anilines is 1. The van der Waals surface area contributed by atoms with Gasteiger partial charge in [0.15, 0.2) is 0 Å². The van der Waals surface area contributed by atoms with Crippen LogP contribution in [0.3, 0.4) is 0 Å². The summed E-state index contributed by atoms with van der Waals surface area (Å²) in [5.41, 5.74) is 6.45. The molecule has 88 valence electrons. The highest BCUT2D eigenvalue weighted by Gasteiger charge is 2.16. The second-order valence-electron chi connectivity index (χ2n) is 4.17. The van der Waals surface area contributed by atoms with Gasteiger partial charge in [0.1, 0.15) is 5.15 Å². The smallest absolute Gasteiger partial charge is 0.255 e. The Morgan fingerprint density at radius 3 is 2.81 bits per heavy atom. The number of amides is 1. The van der Waals surface area contributed by atoms with E-state index in [-0.39, 0.29) is 11.1 Å². The molecular weight excluding hydrogens is 226 g/mol. The van der Waals surface area contributed by atoms with Crippen LogP contribution < -0.4 is 5.73 Å². The first-order valence-corrected chi connectivity index (χ1v) is 5.46. The Hall–Kier alpha value is -1.29. The second-order valence-corrected chi connectivity index (χ2v) is 4.56. The molecule has 0 fully saturated rings. The molecule has 2 N–H and O–H groups in total. The van der Waals surface area contributed by atoms with Crippen LogP contribution in [0, 0.1) is 5.92 Å². The van der Waals surface area contributed by atoms with E-state index in [0.717, 1.165) is 0 Å². The van der Waals surface area contributed by atoms with Crippen LogP contribution in [0.1, 0.15) is 24.2 Å². The van der Waals surface area contributed by atoms with E-state index < -0.39 is 0 Å². The van der Waals surface area contributed by atoms with Crippen molar-refractivity contribution >= 4 is 23.2 Å². The minimum Gasteiger partial charge on any atom is -0.397 e. The quantitative estimate of drug-likeness (QED) is 0.824. The second kappa shape index (κ2) is 5.16. The molecule has 0 saturated carbocycles. The van der Waals surface area contributed by atoms with Crippen molar-refractivity contribution < 1.29 is 4.79 Å². The summed E-state index contributed by atoms with van der Waals surface area (Å²) in [6.07, 6.45) is 1.40. The van der Waals surface area contributed by atoms with Crippen LogP contribution in [0.15, 0.2) is 12.3 Å². The number of halogens is 1. The summed E-state index contributed by atoms with van der Waals surface area (Å²) in [6.45, 7) is 4.78. The number of carbonyl (C=O) groups is 1. The molecule has 0 aliphatic heterocycles. The number of hydrogen-bond acceptors (Lipinski definition) is 3. The summed E-state index contributed by atoms with van der Waals surface area (Å²) < 4.78 is 0. The SMILES string of the molecule is CC(C)CN(C)C(=O)c1cc(Cl)ncc1N. The zero-order valence-electron chi connectivity index (χ0n) is 9.70. The number of hydrogen-bond donors (Lipinski definition) is 1. The van der Waals surface area contributed by atoms with E-state index in [1.807, 2.05) is 13.8 Å². The Morgan fingerprint density at radius 1 is 1.62 bits per heavy atom. The first kappa shape index (κ1) is 12.8. The minimum absolute atomic E-state index is 0.129. The molecule has 1 amide bonds. The van der Waals surface area contributed by atoms with Gasteiger partial charge in [-0.05, 0) is 12.0 Å². The summed E-state index contributed by atoms with van der Waals surface area (Å²) in [4.78, 5) is 17.5. The highest BCUT2D eigenvalue weighted by Crippen LogP contribution is 2.17. The lowest BCUT2D eigenvalue weighted by molar-refractivity contribution is 0.0780. The predicted octanol–water partition coefficient (Wildman–Crippen LogP) is 2.05. The number of pyridine rings is 1.